The molecule has 10 nitrogen and oxygen atoms in total. The molecule has 2 aromatic heterocycles. The number of hydrogen-bond donors (Lipinski definition) is 2. The summed E-state index contributed by atoms with van der Waals surface area (Å²) in [6.07, 6.45) is 3.24. The van der Waals surface area contributed by atoms with Crippen LogP contribution in [0.4, 0.5) is 0 Å². The molecular weight excluding hydrogens is 668 g/mol. The molecule has 1 fully saturated rings. The number of carbonyl (C=O) groups is 1. The monoisotopic (exact) mass is 704 g/mol. The molecule has 2 N–H and O–H groups in total. The Morgan fingerprint density at radius 2 is 1.92 bits per heavy atom. The van der Waals surface area contributed by atoms with E-state index in [2.05, 4.69) is 15.2 Å². The van der Waals surface area contributed by atoms with Gasteiger partial charge in [-0.25, -0.2) is 13.4 Å². The number of benzene rings is 3. The molecule has 3 aromatic carbocycles. The molecule has 0 bridgehead atoms. The van der Waals surface area contributed by atoms with Gasteiger partial charge in [-0.2, -0.15) is 9.40 Å². The minimum absolute atomic E-state index is 0.208. The van der Waals surface area contributed by atoms with Gasteiger partial charge in [0.25, 0.3) is 5.91 Å². The van der Waals surface area contributed by atoms with Crippen molar-refractivity contribution in [1.82, 2.24) is 29.3 Å². The van der Waals surface area contributed by atoms with Gasteiger partial charge in [-0.05, 0) is 54.8 Å². The van der Waals surface area contributed by atoms with E-state index in [4.69, 9.17) is 16.7 Å². The average Bonchev–Trinajstić information content (AvgIpc) is 3.80. The van der Waals surface area contributed by atoms with Crippen molar-refractivity contribution in [2.45, 2.75) is 45.0 Å². The highest BCUT2D eigenvalue weighted by Gasteiger charge is 2.30. The Labute approximate surface area is 289 Å². The number of sulfonamides is 1. The van der Waals surface area contributed by atoms with E-state index in [1.165, 1.54) is 10.6 Å². The second-order valence-electron chi connectivity index (χ2n) is 12.5. The smallest absolute Gasteiger partial charge is 0.251 e. The van der Waals surface area contributed by atoms with Crippen LogP contribution in [-0.2, 0) is 36.1 Å². The van der Waals surface area contributed by atoms with Crippen molar-refractivity contribution >= 4 is 49.1 Å². The highest BCUT2D eigenvalue weighted by atomic mass is 35.5. The molecule has 0 saturated carbocycles. The van der Waals surface area contributed by atoms with Crippen molar-refractivity contribution in [1.29, 1.82) is 0 Å². The van der Waals surface area contributed by atoms with Crippen molar-refractivity contribution in [3.63, 3.8) is 0 Å². The lowest BCUT2D eigenvalue weighted by Gasteiger charge is -2.26. The number of aliphatic hydroxyl groups excluding tert-OH is 1. The zero-order valence-electron chi connectivity index (χ0n) is 26.6. The Balaban J connectivity index is 1.14. The van der Waals surface area contributed by atoms with Crippen LogP contribution < -0.4 is 5.32 Å². The largest absolute Gasteiger partial charge is 0.392 e. The second kappa shape index (κ2) is 13.7. The first-order valence-corrected chi connectivity index (χ1v) is 19.1. The van der Waals surface area contributed by atoms with E-state index in [9.17, 15) is 18.3 Å². The summed E-state index contributed by atoms with van der Waals surface area (Å²) < 4.78 is 29.7. The van der Waals surface area contributed by atoms with Gasteiger partial charge in [0, 0.05) is 78.7 Å². The number of thiazole rings is 1. The Bertz CT molecular complexity index is 2060. The summed E-state index contributed by atoms with van der Waals surface area (Å²) in [7, 11) is -3.39. The molecule has 7 rings (SSSR count). The number of aromatic nitrogens is 3. The van der Waals surface area contributed by atoms with Crippen LogP contribution in [0.25, 0.3) is 32.6 Å². The quantitative estimate of drug-likeness (QED) is 0.206. The van der Waals surface area contributed by atoms with Crippen molar-refractivity contribution < 1.29 is 18.3 Å². The molecule has 2 aliphatic rings. The van der Waals surface area contributed by atoms with Gasteiger partial charge in [0.1, 0.15) is 5.01 Å². The first-order valence-electron chi connectivity index (χ1n) is 16.1. The number of rotatable bonds is 10. The van der Waals surface area contributed by atoms with Gasteiger partial charge >= 0.3 is 0 Å². The van der Waals surface area contributed by atoms with Gasteiger partial charge < -0.3 is 15.3 Å². The number of nitrogens with one attached hydrogen (secondary N) is 1. The zero-order valence-corrected chi connectivity index (χ0v) is 29.0. The van der Waals surface area contributed by atoms with Crippen molar-refractivity contribution in [2.24, 2.45) is 0 Å². The number of amides is 1. The fourth-order valence-electron chi connectivity index (χ4n) is 6.60. The third-order valence-electron chi connectivity index (χ3n) is 9.07. The van der Waals surface area contributed by atoms with Crippen molar-refractivity contribution in [3.8, 4) is 22.4 Å². The van der Waals surface area contributed by atoms with Gasteiger partial charge in [0.05, 0.1) is 34.8 Å². The molecule has 0 aliphatic carbocycles. The van der Waals surface area contributed by atoms with Crippen molar-refractivity contribution in [2.75, 3.05) is 32.4 Å². The number of aliphatic hydroxyl groups is 1. The molecule has 4 heterocycles. The molecule has 250 valence electrons. The summed E-state index contributed by atoms with van der Waals surface area (Å²) in [6, 6.07) is 21.0. The molecule has 0 spiro atoms. The van der Waals surface area contributed by atoms with Gasteiger partial charge in [-0.3, -0.25) is 9.48 Å². The number of likely N-dealkylation sites (tertiary alicyclic amines) is 1. The normalized spacial score (nSPS) is 17.2. The highest BCUT2D eigenvalue weighted by molar-refractivity contribution is 7.88. The van der Waals surface area contributed by atoms with E-state index in [0.717, 1.165) is 74.8 Å². The average molecular weight is 705 g/mol. The van der Waals surface area contributed by atoms with Crippen LogP contribution in [0, 0.1) is 0 Å². The number of carbonyl (C=O) groups excluding carboxylic acids is 1. The van der Waals surface area contributed by atoms with E-state index in [1.807, 2.05) is 65.3 Å². The minimum Gasteiger partial charge on any atom is -0.392 e. The number of β-amino-alcohol motifs (C(OH)–C–C–N with tert-alkyl or cyclic N) is 1. The van der Waals surface area contributed by atoms with Crippen LogP contribution in [0.3, 0.4) is 0 Å². The predicted octanol–water partition coefficient (Wildman–Crippen LogP) is 5.18. The Morgan fingerprint density at radius 3 is 2.71 bits per heavy atom. The topological polar surface area (TPSA) is 121 Å². The Morgan fingerprint density at radius 1 is 1.06 bits per heavy atom. The highest BCUT2D eigenvalue weighted by Crippen LogP contribution is 2.36. The molecule has 1 unspecified atom stereocenters. The van der Waals surface area contributed by atoms with Crippen LogP contribution in [0.5, 0.6) is 0 Å². The summed E-state index contributed by atoms with van der Waals surface area (Å²) in [5.41, 5.74) is 6.47. The number of fused-ring (bicyclic) bond motifs is 2. The van der Waals surface area contributed by atoms with E-state index in [1.54, 1.807) is 17.4 Å². The van der Waals surface area contributed by atoms with Crippen LogP contribution in [0.1, 0.15) is 39.5 Å². The summed E-state index contributed by atoms with van der Waals surface area (Å²) in [5.74, 6) is -0.208. The fraction of sp³-hybridized carbons (Fsp3) is 0.343. The van der Waals surface area contributed by atoms with Gasteiger partial charge in [0.2, 0.25) is 10.0 Å². The molecule has 1 atom stereocenters. The predicted molar refractivity (Wildman–Crippen MR) is 190 cm³/mol. The lowest BCUT2D eigenvalue weighted by molar-refractivity contribution is 0.0951. The maximum Gasteiger partial charge on any atom is 0.251 e. The van der Waals surface area contributed by atoms with Gasteiger partial charge in [-0.15, -0.1) is 11.3 Å². The summed E-state index contributed by atoms with van der Waals surface area (Å²) >= 11 is 8.32. The molecule has 1 amide bonds. The first-order chi connectivity index (χ1) is 23.1. The van der Waals surface area contributed by atoms with Gasteiger partial charge in [0.15, 0.2) is 0 Å². The van der Waals surface area contributed by atoms with E-state index < -0.39 is 10.0 Å². The molecule has 13 heteroatoms. The Hall–Kier alpha value is -3.65. The summed E-state index contributed by atoms with van der Waals surface area (Å²) in [5, 5.41) is 19.3. The summed E-state index contributed by atoms with van der Waals surface area (Å²) in [6.45, 7) is 4.16. The standard InChI is InChI=1S/C35H37ClN6O4S2/c1-48(45,46)41-17-13-31-28(22-41)34(39-42(31)15-5-14-40-16-12-26(43)21-40)24-10-11-29(36)27(19-24)23-6-4-7-25(18-23)35(44)37-20-33-38-30-8-2-3-9-32(30)47-33/h2-4,6-11,18-19,26,43H,5,12-17,20-22H2,1H3,(H,37,44). The number of aryl methyl sites for hydroxylation is 1. The lowest BCUT2D eigenvalue weighted by Crippen LogP contribution is -2.35. The number of nitrogens with zero attached hydrogens (tertiary/aromatic N) is 5. The summed E-state index contributed by atoms with van der Waals surface area (Å²) in [4.78, 5) is 20.1. The molecular formula is C35H37ClN6O4S2. The van der Waals surface area contributed by atoms with Gasteiger partial charge in [-0.1, -0.05) is 41.9 Å². The SMILES string of the molecule is CS(=O)(=O)N1CCc2c(c(-c3ccc(Cl)c(-c4cccc(C(=O)NCc5nc6ccccc6s5)c4)c3)nn2CCCN2CCC(O)C2)C1. The number of para-hydroxylation sites is 1. The minimum atomic E-state index is -3.39. The zero-order chi connectivity index (χ0) is 33.4. The number of hydrogen-bond acceptors (Lipinski definition) is 8. The fourth-order valence-corrected chi connectivity index (χ4v) is 8.52. The van der Waals surface area contributed by atoms with Crippen molar-refractivity contribution in [3.05, 3.63) is 93.6 Å². The molecule has 1 saturated heterocycles. The maximum absolute atomic E-state index is 13.2. The van der Waals surface area contributed by atoms with Crippen LogP contribution in [-0.4, -0.2) is 81.9 Å². The third-order valence-corrected chi connectivity index (χ3v) is 11.7. The van der Waals surface area contributed by atoms with E-state index in [0.29, 0.717) is 43.2 Å². The van der Waals surface area contributed by atoms with E-state index >= 15 is 0 Å². The van der Waals surface area contributed by atoms with Crippen LogP contribution in [0.15, 0.2) is 66.7 Å². The van der Waals surface area contributed by atoms with E-state index in [-0.39, 0.29) is 18.6 Å². The van der Waals surface area contributed by atoms with Crippen LogP contribution in [0.2, 0.25) is 5.02 Å². The lowest BCUT2D eigenvalue weighted by atomic mass is 9.97. The second-order valence-corrected chi connectivity index (χ2v) is 16.0. The first kappa shape index (κ1) is 32.9. The molecule has 48 heavy (non-hydrogen) atoms. The third kappa shape index (κ3) is 7.05. The van der Waals surface area contributed by atoms with Crippen LogP contribution >= 0.6 is 22.9 Å². The maximum atomic E-state index is 13.2. The number of halogens is 1. The molecule has 0 radical (unpaired) electrons. The molecule has 5 aromatic rings. The molecule has 2 aliphatic heterocycles. The Kier molecular flexibility index (Phi) is 9.38.